The zero-order valence-corrected chi connectivity index (χ0v) is 11.0. The van der Waals surface area contributed by atoms with Crippen LogP contribution in [0.4, 0.5) is 4.39 Å². The van der Waals surface area contributed by atoms with Crippen LogP contribution in [0.15, 0.2) is 12.1 Å². The number of rotatable bonds is 2. The number of nitrogens with one attached hydrogen (secondary N) is 1. The van der Waals surface area contributed by atoms with Crippen LogP contribution in [0.3, 0.4) is 0 Å². The molecule has 0 aromatic heterocycles. The van der Waals surface area contributed by atoms with Gasteiger partial charge in [-0.25, -0.2) is 4.39 Å². The van der Waals surface area contributed by atoms with E-state index in [1.165, 1.54) is 0 Å². The summed E-state index contributed by atoms with van der Waals surface area (Å²) in [5, 5.41) is 3.41. The summed E-state index contributed by atoms with van der Waals surface area (Å²) < 4.78 is 14.2. The molecule has 2 unspecified atom stereocenters. The van der Waals surface area contributed by atoms with Crippen molar-refractivity contribution in [2.75, 3.05) is 13.1 Å². The minimum absolute atomic E-state index is 0.00662. The number of benzene rings is 1. The van der Waals surface area contributed by atoms with Crippen molar-refractivity contribution >= 4 is 0 Å². The molecule has 0 radical (unpaired) electrons. The summed E-state index contributed by atoms with van der Waals surface area (Å²) in [7, 11) is 0. The summed E-state index contributed by atoms with van der Waals surface area (Å²) in [5.41, 5.74) is 3.10. The van der Waals surface area contributed by atoms with Crippen molar-refractivity contribution in [1.29, 1.82) is 0 Å². The van der Waals surface area contributed by atoms with Gasteiger partial charge in [0.2, 0.25) is 0 Å². The van der Waals surface area contributed by atoms with E-state index in [-0.39, 0.29) is 5.82 Å². The first kappa shape index (κ1) is 12.6. The molecule has 1 aromatic rings. The van der Waals surface area contributed by atoms with Crippen molar-refractivity contribution in [3.8, 4) is 0 Å². The van der Waals surface area contributed by atoms with E-state index in [4.69, 9.17) is 0 Å². The Kier molecular flexibility index (Phi) is 3.82. The number of hydrogen-bond acceptors (Lipinski definition) is 1. The molecule has 1 aliphatic rings. The lowest BCUT2D eigenvalue weighted by Crippen LogP contribution is -2.35. The van der Waals surface area contributed by atoms with Crippen LogP contribution in [-0.4, -0.2) is 13.1 Å². The Morgan fingerprint density at radius 3 is 2.76 bits per heavy atom. The van der Waals surface area contributed by atoms with Gasteiger partial charge in [0.1, 0.15) is 5.82 Å². The lowest BCUT2D eigenvalue weighted by molar-refractivity contribution is 0.310. The Hall–Kier alpha value is -0.890. The fraction of sp³-hybridized carbons (Fsp3) is 0.600. The summed E-state index contributed by atoms with van der Waals surface area (Å²) >= 11 is 0. The van der Waals surface area contributed by atoms with Gasteiger partial charge >= 0.3 is 0 Å². The third-order valence-corrected chi connectivity index (χ3v) is 3.98. The normalized spacial score (nSPS) is 24.9. The molecule has 1 heterocycles. The van der Waals surface area contributed by atoms with Crippen molar-refractivity contribution < 1.29 is 4.39 Å². The van der Waals surface area contributed by atoms with Gasteiger partial charge in [-0.2, -0.15) is 0 Å². The molecule has 0 aliphatic carbocycles. The van der Waals surface area contributed by atoms with Crippen LogP contribution in [-0.2, 0) is 0 Å². The third kappa shape index (κ3) is 2.52. The fourth-order valence-corrected chi connectivity index (χ4v) is 3.13. The number of halogens is 1. The standard InChI is InChI=1S/C15H22FN/c1-4-12-9-17-6-5-13(12)15-11(3)7-10(2)8-14(15)16/h7-8,12-13,17H,4-6,9H2,1-3H3. The Bertz CT molecular complexity index is 377. The summed E-state index contributed by atoms with van der Waals surface area (Å²) in [6, 6.07) is 3.78. The molecule has 2 atom stereocenters. The number of aryl methyl sites for hydroxylation is 2. The lowest BCUT2D eigenvalue weighted by atomic mass is 9.78. The second kappa shape index (κ2) is 5.18. The van der Waals surface area contributed by atoms with Gasteiger partial charge < -0.3 is 5.32 Å². The number of piperidine rings is 1. The Morgan fingerprint density at radius 2 is 2.12 bits per heavy atom. The summed E-state index contributed by atoms with van der Waals surface area (Å²) in [6.07, 6.45) is 2.17. The summed E-state index contributed by atoms with van der Waals surface area (Å²) in [6.45, 7) is 8.23. The highest BCUT2D eigenvalue weighted by Gasteiger charge is 2.28. The minimum atomic E-state index is -0.00662. The van der Waals surface area contributed by atoms with Crippen LogP contribution < -0.4 is 5.32 Å². The van der Waals surface area contributed by atoms with E-state index >= 15 is 0 Å². The fourth-order valence-electron chi connectivity index (χ4n) is 3.13. The van der Waals surface area contributed by atoms with Crippen molar-refractivity contribution in [2.45, 2.75) is 39.5 Å². The average Bonchev–Trinajstić information content (AvgIpc) is 2.28. The van der Waals surface area contributed by atoms with Gasteiger partial charge in [0.15, 0.2) is 0 Å². The molecule has 0 saturated carbocycles. The molecular formula is C15H22FN. The maximum Gasteiger partial charge on any atom is 0.127 e. The van der Waals surface area contributed by atoms with Crippen molar-refractivity contribution in [1.82, 2.24) is 5.32 Å². The SMILES string of the molecule is CCC1CNCCC1c1c(C)cc(C)cc1F. The molecule has 0 amide bonds. The molecule has 1 aromatic carbocycles. The quantitative estimate of drug-likeness (QED) is 0.826. The Labute approximate surface area is 103 Å². The van der Waals surface area contributed by atoms with Gasteiger partial charge in [0.25, 0.3) is 0 Å². The molecule has 94 valence electrons. The minimum Gasteiger partial charge on any atom is -0.316 e. The van der Waals surface area contributed by atoms with E-state index in [1.807, 2.05) is 13.8 Å². The highest BCUT2D eigenvalue weighted by atomic mass is 19.1. The van der Waals surface area contributed by atoms with E-state index in [0.29, 0.717) is 11.8 Å². The predicted molar refractivity (Wildman–Crippen MR) is 69.9 cm³/mol. The van der Waals surface area contributed by atoms with Crippen LogP contribution in [0.5, 0.6) is 0 Å². The van der Waals surface area contributed by atoms with Crippen LogP contribution in [0.25, 0.3) is 0 Å². The smallest absolute Gasteiger partial charge is 0.127 e. The monoisotopic (exact) mass is 235 g/mol. The van der Waals surface area contributed by atoms with Crippen LogP contribution >= 0.6 is 0 Å². The van der Waals surface area contributed by atoms with Crippen LogP contribution in [0.1, 0.15) is 42.4 Å². The maximum atomic E-state index is 14.2. The zero-order valence-electron chi connectivity index (χ0n) is 11.0. The van der Waals surface area contributed by atoms with E-state index in [0.717, 1.165) is 42.6 Å². The molecule has 2 rings (SSSR count). The van der Waals surface area contributed by atoms with Gasteiger partial charge in [0, 0.05) is 0 Å². The molecule has 1 aliphatic heterocycles. The van der Waals surface area contributed by atoms with Gasteiger partial charge in [0.05, 0.1) is 0 Å². The predicted octanol–water partition coefficient (Wildman–Crippen LogP) is 3.55. The molecular weight excluding hydrogens is 213 g/mol. The average molecular weight is 235 g/mol. The van der Waals surface area contributed by atoms with E-state index < -0.39 is 0 Å². The molecule has 1 N–H and O–H groups in total. The summed E-state index contributed by atoms with van der Waals surface area (Å²) in [4.78, 5) is 0. The first-order valence-electron chi connectivity index (χ1n) is 6.60. The highest BCUT2D eigenvalue weighted by Crippen LogP contribution is 2.36. The first-order valence-corrected chi connectivity index (χ1v) is 6.60. The first-order chi connectivity index (χ1) is 8.13. The number of hydrogen-bond donors (Lipinski definition) is 1. The van der Waals surface area contributed by atoms with Crippen LogP contribution in [0, 0.1) is 25.6 Å². The van der Waals surface area contributed by atoms with Gasteiger partial charge in [-0.05, 0) is 68.0 Å². The topological polar surface area (TPSA) is 12.0 Å². The zero-order chi connectivity index (χ0) is 12.4. The van der Waals surface area contributed by atoms with E-state index in [9.17, 15) is 4.39 Å². The molecule has 1 fully saturated rings. The van der Waals surface area contributed by atoms with Crippen molar-refractivity contribution in [2.24, 2.45) is 5.92 Å². The second-order valence-electron chi connectivity index (χ2n) is 5.24. The van der Waals surface area contributed by atoms with Gasteiger partial charge in [-0.3, -0.25) is 0 Å². The van der Waals surface area contributed by atoms with Crippen LogP contribution in [0.2, 0.25) is 0 Å². The molecule has 1 nitrogen and oxygen atoms in total. The second-order valence-corrected chi connectivity index (χ2v) is 5.24. The molecule has 0 spiro atoms. The van der Waals surface area contributed by atoms with E-state index in [1.54, 1.807) is 6.07 Å². The van der Waals surface area contributed by atoms with Crippen molar-refractivity contribution in [3.05, 3.63) is 34.6 Å². The maximum absolute atomic E-state index is 14.2. The lowest BCUT2D eigenvalue weighted by Gasteiger charge is -2.33. The van der Waals surface area contributed by atoms with Crippen molar-refractivity contribution in [3.63, 3.8) is 0 Å². The van der Waals surface area contributed by atoms with Gasteiger partial charge in [-0.1, -0.05) is 19.4 Å². The van der Waals surface area contributed by atoms with E-state index in [2.05, 4.69) is 18.3 Å². The molecule has 1 saturated heterocycles. The van der Waals surface area contributed by atoms with Gasteiger partial charge in [-0.15, -0.1) is 0 Å². The Morgan fingerprint density at radius 1 is 1.35 bits per heavy atom. The third-order valence-electron chi connectivity index (χ3n) is 3.98. The highest BCUT2D eigenvalue weighted by molar-refractivity contribution is 5.35. The largest absolute Gasteiger partial charge is 0.316 e. The molecule has 2 heteroatoms. The Balaban J connectivity index is 2.38. The molecule has 17 heavy (non-hydrogen) atoms. The molecule has 0 bridgehead atoms. The summed E-state index contributed by atoms with van der Waals surface area (Å²) in [5.74, 6) is 0.953.